The minimum absolute atomic E-state index is 0.0878. The molecular formula is C56H61F3N10O9. The highest BCUT2D eigenvalue weighted by Gasteiger charge is 2.15. The molecule has 5 N–H and O–H groups in total. The molecular weight excluding hydrogens is 1010 g/mol. The van der Waals surface area contributed by atoms with Crippen LogP contribution in [-0.2, 0) is 4.79 Å². The molecule has 0 radical (unpaired) electrons. The van der Waals surface area contributed by atoms with Crippen LogP contribution in [-0.4, -0.2) is 123 Å². The van der Waals surface area contributed by atoms with E-state index in [0.29, 0.717) is 57.0 Å². The molecule has 3 aromatic carbocycles. The Morgan fingerprint density at radius 3 is 1.58 bits per heavy atom. The van der Waals surface area contributed by atoms with Crippen LogP contribution in [0.2, 0.25) is 0 Å². The molecule has 410 valence electrons. The second-order valence-electron chi connectivity index (χ2n) is 17.1. The number of nitrogen functional groups attached to an aromatic ring is 1. The molecule has 5 aromatic heterocycles. The predicted octanol–water partition coefficient (Wildman–Crippen LogP) is 6.28. The number of ether oxygens (including phenoxy) is 5. The first kappa shape index (κ1) is 58.4. The summed E-state index contributed by atoms with van der Waals surface area (Å²) in [5.41, 5.74) is 9.16. The molecule has 0 aliphatic carbocycles. The van der Waals surface area contributed by atoms with Crippen molar-refractivity contribution >= 4 is 34.4 Å². The number of hydrogen-bond acceptors (Lipinski definition) is 17. The lowest BCUT2D eigenvalue weighted by atomic mass is 10.1. The lowest BCUT2D eigenvalue weighted by Gasteiger charge is -2.29. The van der Waals surface area contributed by atoms with E-state index in [1.54, 1.807) is 49.0 Å². The van der Waals surface area contributed by atoms with Crippen LogP contribution in [0.15, 0.2) is 131 Å². The average Bonchev–Trinajstić information content (AvgIpc) is 3.47. The van der Waals surface area contributed by atoms with Gasteiger partial charge in [-0.15, -0.1) is 0 Å². The molecule has 7 heterocycles. The van der Waals surface area contributed by atoms with Crippen molar-refractivity contribution in [3.63, 3.8) is 0 Å². The van der Waals surface area contributed by atoms with Gasteiger partial charge in [0.05, 0.1) is 65.2 Å². The van der Waals surface area contributed by atoms with Gasteiger partial charge in [-0.1, -0.05) is 0 Å². The van der Waals surface area contributed by atoms with Crippen molar-refractivity contribution in [3.8, 4) is 51.3 Å². The van der Waals surface area contributed by atoms with Crippen LogP contribution >= 0.6 is 0 Å². The molecule has 10 rings (SSSR count). The molecule has 0 saturated carbocycles. The molecule has 8 aromatic rings. The van der Waals surface area contributed by atoms with Gasteiger partial charge in [0.15, 0.2) is 40.3 Å². The van der Waals surface area contributed by atoms with Gasteiger partial charge in [-0.3, -0.25) is 28.0 Å². The number of benzene rings is 3. The van der Waals surface area contributed by atoms with Gasteiger partial charge >= 0.3 is 0 Å². The number of carbonyl (C=O) groups is 2. The van der Waals surface area contributed by atoms with E-state index >= 15 is 0 Å². The number of ketones is 2. The van der Waals surface area contributed by atoms with Crippen LogP contribution in [0.1, 0.15) is 23.7 Å². The first-order valence-corrected chi connectivity index (χ1v) is 24.4. The Morgan fingerprint density at radius 2 is 1.06 bits per heavy atom. The summed E-state index contributed by atoms with van der Waals surface area (Å²) in [4.78, 5) is 61.8. The number of carbonyl (C=O) groups excluding carboxylic acids is 2. The van der Waals surface area contributed by atoms with Crippen LogP contribution in [0.4, 0.5) is 24.7 Å². The fraction of sp³-hybridized carbons (Fsp3) is 0.268. The van der Waals surface area contributed by atoms with Crippen LogP contribution in [0, 0.1) is 17.5 Å². The number of piperazine rings is 2. The first-order valence-electron chi connectivity index (χ1n) is 24.4. The fourth-order valence-electron chi connectivity index (χ4n) is 7.72. The summed E-state index contributed by atoms with van der Waals surface area (Å²) >= 11 is 0. The van der Waals surface area contributed by atoms with Gasteiger partial charge in [0, 0.05) is 93.6 Å². The number of hydrogen-bond donors (Lipinski definition) is 4. The highest BCUT2D eigenvalue weighted by molar-refractivity contribution is 6.07. The Bertz CT molecular complexity index is 3390. The summed E-state index contributed by atoms with van der Waals surface area (Å²) in [5, 5.41) is 9.78. The molecule has 22 heteroatoms. The number of halogens is 3. The molecule has 2 aliphatic rings. The standard InChI is InChI=1S/C20H22N4O3.C15H10F2N2O2.C12H14O4.C5H5FN2.C4H10N2/c1-26-17-5-3-14(11-18(17)27-2)16-12-20(25)24-13-15(4-6-19(24)22-16)23-9-7-21-8-10-23;1-21-13-4-2-9(6-11(13)17)12-7-15(20)19-8-10(16)3-5-14(19)18-12;1-8(13)6-10(14)9-4-5-11(15-2)12(7-9)16-3;6-4-1-2-5(7)8-3-4;1-2-6-4-3-5-1/h3-6,11-13,21H,7-10H2,1-2H3;2-8H,1H3;4-5,7H,6H2,1-3H3;1-3H,(H2,7,8);5-6H,1-4H2. The summed E-state index contributed by atoms with van der Waals surface area (Å²) in [5.74, 6) is 0.923. The van der Waals surface area contributed by atoms with E-state index in [0.717, 1.165) is 80.4 Å². The molecule has 78 heavy (non-hydrogen) atoms. The highest BCUT2D eigenvalue weighted by atomic mass is 19.1. The summed E-state index contributed by atoms with van der Waals surface area (Å²) in [6.45, 7) is 9.69. The topological polar surface area (TPSA) is 227 Å². The Hall–Kier alpha value is -8.86. The largest absolute Gasteiger partial charge is 0.494 e. The Balaban J connectivity index is 0.000000172. The number of methoxy groups -OCH3 is 5. The number of nitrogens with zero attached hydrogens (tertiary/aromatic N) is 6. The number of anilines is 2. The molecule has 19 nitrogen and oxygen atoms in total. The van der Waals surface area contributed by atoms with Gasteiger partial charge in [0.1, 0.15) is 34.5 Å². The minimum atomic E-state index is -0.545. The van der Waals surface area contributed by atoms with E-state index in [-0.39, 0.29) is 40.8 Å². The third kappa shape index (κ3) is 16.3. The molecule has 0 amide bonds. The van der Waals surface area contributed by atoms with Crippen molar-refractivity contribution in [1.82, 2.24) is 39.7 Å². The van der Waals surface area contributed by atoms with Crippen molar-refractivity contribution in [1.29, 1.82) is 0 Å². The molecule has 0 atom stereocenters. The quantitative estimate of drug-likeness (QED) is 0.0825. The van der Waals surface area contributed by atoms with E-state index in [4.69, 9.17) is 29.4 Å². The lowest BCUT2D eigenvalue weighted by molar-refractivity contribution is -0.116. The van der Waals surface area contributed by atoms with Gasteiger partial charge in [-0.25, -0.2) is 28.1 Å². The normalized spacial score (nSPS) is 12.7. The van der Waals surface area contributed by atoms with Crippen LogP contribution < -0.4 is 61.4 Å². The third-order valence-corrected chi connectivity index (χ3v) is 11.7. The molecule has 2 saturated heterocycles. The maximum Gasteiger partial charge on any atom is 0.258 e. The second kappa shape index (κ2) is 28.9. The molecule has 0 spiro atoms. The zero-order chi connectivity index (χ0) is 56.1. The van der Waals surface area contributed by atoms with Gasteiger partial charge in [-0.2, -0.15) is 0 Å². The smallest absolute Gasteiger partial charge is 0.258 e. The number of Topliss-reactive ketones (excluding diaryl/α,β-unsaturated/α-hetero) is 2. The maximum atomic E-state index is 13.7. The predicted molar refractivity (Wildman–Crippen MR) is 292 cm³/mol. The van der Waals surface area contributed by atoms with E-state index in [1.807, 2.05) is 36.5 Å². The third-order valence-electron chi connectivity index (χ3n) is 11.7. The number of nitrogens with two attached hydrogens (primary N) is 1. The van der Waals surface area contributed by atoms with Gasteiger partial charge in [-0.05, 0) is 97.9 Å². The van der Waals surface area contributed by atoms with Crippen molar-refractivity contribution in [2.75, 3.05) is 98.5 Å². The van der Waals surface area contributed by atoms with Crippen LogP contribution in [0.3, 0.4) is 0 Å². The zero-order valence-electron chi connectivity index (χ0n) is 44.0. The first-order chi connectivity index (χ1) is 37.6. The Kier molecular flexibility index (Phi) is 21.6. The van der Waals surface area contributed by atoms with E-state index < -0.39 is 17.2 Å². The number of aromatic nitrogens is 5. The number of pyridine rings is 3. The van der Waals surface area contributed by atoms with Crippen molar-refractivity contribution in [2.24, 2.45) is 0 Å². The van der Waals surface area contributed by atoms with E-state index in [9.17, 15) is 32.3 Å². The summed E-state index contributed by atoms with van der Waals surface area (Å²) in [7, 11) is 7.56. The summed E-state index contributed by atoms with van der Waals surface area (Å²) in [6.07, 6.45) is 3.92. The summed E-state index contributed by atoms with van der Waals surface area (Å²) < 4.78 is 67.1. The lowest BCUT2D eigenvalue weighted by Crippen LogP contribution is -2.43. The minimum Gasteiger partial charge on any atom is -0.494 e. The van der Waals surface area contributed by atoms with Gasteiger partial charge in [0.2, 0.25) is 0 Å². The number of fused-ring (bicyclic) bond motifs is 2. The molecule has 2 fully saturated rings. The Labute approximate surface area is 447 Å². The molecule has 2 aliphatic heterocycles. The van der Waals surface area contributed by atoms with Crippen molar-refractivity contribution in [3.05, 3.63) is 165 Å². The van der Waals surface area contributed by atoms with Crippen LogP contribution in [0.25, 0.3) is 33.8 Å². The van der Waals surface area contributed by atoms with Gasteiger partial charge in [0.25, 0.3) is 11.1 Å². The van der Waals surface area contributed by atoms with E-state index in [1.165, 1.54) is 70.7 Å². The maximum absolute atomic E-state index is 13.7. The number of rotatable bonds is 11. The fourth-order valence-corrected chi connectivity index (χ4v) is 7.72. The van der Waals surface area contributed by atoms with Gasteiger partial charge < -0.3 is 50.3 Å². The second-order valence-corrected chi connectivity index (χ2v) is 17.1. The highest BCUT2D eigenvalue weighted by Crippen LogP contribution is 2.32. The van der Waals surface area contributed by atoms with Crippen molar-refractivity contribution in [2.45, 2.75) is 13.3 Å². The number of nitrogens with one attached hydrogen (secondary N) is 3. The zero-order valence-corrected chi connectivity index (χ0v) is 44.0. The average molecular weight is 1080 g/mol. The monoisotopic (exact) mass is 1070 g/mol. The molecule has 0 unspecified atom stereocenters. The van der Waals surface area contributed by atoms with E-state index in [2.05, 4.69) is 35.8 Å². The molecule has 0 bridgehead atoms. The van der Waals surface area contributed by atoms with Crippen LogP contribution in [0.5, 0.6) is 28.7 Å². The van der Waals surface area contributed by atoms with Crippen molar-refractivity contribution < 1.29 is 46.4 Å². The SMILES string of the molecule is C1CNCCN1.COc1ccc(-c2cc(=O)n3cc(F)ccc3n2)cc1F.COc1ccc(-c2cc(=O)n3cc(N4CCNCC4)ccc3n2)cc1OC.COc1ccc(C(=O)CC(C)=O)cc1OC.Nc1ccc(F)cn1. The Morgan fingerprint density at radius 1 is 0.564 bits per heavy atom. The summed E-state index contributed by atoms with van der Waals surface area (Å²) in [6, 6.07) is 26.6.